The molecule has 1 saturated heterocycles. The van der Waals surface area contributed by atoms with Gasteiger partial charge in [0.2, 0.25) is 10.0 Å². The Labute approximate surface area is 193 Å². The number of piperazine rings is 1. The molecule has 1 aliphatic rings. The molecule has 8 nitrogen and oxygen atoms in total. The van der Waals surface area contributed by atoms with E-state index in [4.69, 9.17) is 4.52 Å². The van der Waals surface area contributed by atoms with Gasteiger partial charge < -0.3 is 14.7 Å². The Morgan fingerprint density at radius 1 is 1.31 bits per heavy atom. The minimum atomic E-state index is -3.40. The van der Waals surface area contributed by atoms with Crippen molar-refractivity contribution in [3.05, 3.63) is 40.4 Å². The first-order valence-corrected chi connectivity index (χ1v) is 11.7. The normalized spacial score (nSPS) is 16.5. The highest BCUT2D eigenvalue weighted by Crippen LogP contribution is 2.26. The molecule has 0 atom stereocenters. The summed E-state index contributed by atoms with van der Waals surface area (Å²) in [5.74, 6) is 0.670. The van der Waals surface area contributed by atoms with Gasteiger partial charge in [-0.25, -0.2) is 8.42 Å². The lowest BCUT2D eigenvalue weighted by Crippen LogP contribution is -2.54. The van der Waals surface area contributed by atoms with E-state index in [1.807, 2.05) is 0 Å². The van der Waals surface area contributed by atoms with Gasteiger partial charge in [0.25, 0.3) is 0 Å². The quantitative estimate of drug-likeness (QED) is 0.336. The second-order valence-electron chi connectivity index (χ2n) is 7.40. The van der Waals surface area contributed by atoms with Crippen molar-refractivity contribution >= 4 is 51.3 Å². The molecule has 0 bridgehead atoms. The van der Waals surface area contributed by atoms with Crippen LogP contribution in [0.4, 0.5) is 0 Å². The third-order valence-corrected chi connectivity index (χ3v) is 7.89. The van der Waals surface area contributed by atoms with E-state index in [-0.39, 0.29) is 35.1 Å². The molecular weight excluding hydrogens is 525 g/mol. The lowest BCUT2D eigenvalue weighted by atomic mass is 9.91. The molecule has 1 N–H and O–H groups in total. The van der Waals surface area contributed by atoms with E-state index in [0.29, 0.717) is 31.9 Å². The molecule has 0 amide bonds. The fourth-order valence-electron chi connectivity index (χ4n) is 3.15. The van der Waals surface area contributed by atoms with Crippen LogP contribution < -0.4 is 5.32 Å². The van der Waals surface area contributed by atoms with Crippen LogP contribution in [0.2, 0.25) is 0 Å². The van der Waals surface area contributed by atoms with Gasteiger partial charge in [-0.1, -0.05) is 25.1 Å². The second-order valence-corrected chi connectivity index (χ2v) is 10.3. The summed E-state index contributed by atoms with van der Waals surface area (Å²) in [6, 6.07) is 5.79. The summed E-state index contributed by atoms with van der Waals surface area (Å²) in [5, 5.41) is 9.24. The fraction of sp³-hybridized carbons (Fsp3) is 0.556. The number of aliphatic imine (C=N–C) groups is 1. The fourth-order valence-corrected chi connectivity index (χ4v) is 5.43. The van der Waals surface area contributed by atoms with Crippen molar-refractivity contribution in [2.45, 2.75) is 25.0 Å². The number of hydrogen-bond acceptors (Lipinski definition) is 6. The molecule has 3 heterocycles. The van der Waals surface area contributed by atoms with Crippen molar-refractivity contribution < 1.29 is 12.9 Å². The van der Waals surface area contributed by atoms with E-state index in [1.54, 1.807) is 24.5 Å². The summed E-state index contributed by atoms with van der Waals surface area (Å²) in [6.07, 6.45) is 1.39. The monoisotopic (exact) mass is 553 g/mol. The van der Waals surface area contributed by atoms with Crippen LogP contribution in [0, 0.1) is 0 Å². The molecule has 0 unspecified atom stereocenters. The molecule has 0 radical (unpaired) electrons. The molecule has 3 rings (SSSR count). The van der Waals surface area contributed by atoms with E-state index in [1.165, 1.54) is 15.4 Å². The summed E-state index contributed by atoms with van der Waals surface area (Å²) in [6.45, 7) is 7.20. The van der Waals surface area contributed by atoms with Crippen molar-refractivity contribution in [3.63, 3.8) is 0 Å². The van der Waals surface area contributed by atoms with Gasteiger partial charge >= 0.3 is 0 Å². The van der Waals surface area contributed by atoms with Crippen molar-refractivity contribution in [1.29, 1.82) is 0 Å². The molecular formula is C18H28IN5O3S2. The number of aromatic nitrogens is 1. The maximum atomic E-state index is 12.6. The Morgan fingerprint density at radius 3 is 2.59 bits per heavy atom. The van der Waals surface area contributed by atoms with Gasteiger partial charge in [-0.15, -0.1) is 35.3 Å². The van der Waals surface area contributed by atoms with Gasteiger partial charge in [0.1, 0.15) is 12.0 Å². The minimum Gasteiger partial charge on any atom is -0.364 e. The summed E-state index contributed by atoms with van der Waals surface area (Å²) in [7, 11) is -1.64. The molecule has 2 aromatic rings. The first kappa shape index (κ1) is 24.1. The van der Waals surface area contributed by atoms with E-state index in [0.717, 1.165) is 12.5 Å². The highest BCUT2D eigenvalue weighted by molar-refractivity contribution is 14.0. The van der Waals surface area contributed by atoms with E-state index >= 15 is 0 Å². The predicted octanol–water partition coefficient (Wildman–Crippen LogP) is 2.35. The van der Waals surface area contributed by atoms with Crippen LogP contribution >= 0.6 is 35.3 Å². The maximum absolute atomic E-state index is 12.6. The SMILES string of the molecule is CN=C(NCC(C)(C)c1cccs1)N1CCN(S(=O)(=O)Cc2ccon2)CC1.I. The lowest BCUT2D eigenvalue weighted by Gasteiger charge is -2.36. The van der Waals surface area contributed by atoms with Crippen LogP contribution in [-0.2, 0) is 21.2 Å². The zero-order valence-electron chi connectivity index (χ0n) is 16.9. The average Bonchev–Trinajstić information content (AvgIpc) is 3.36. The molecule has 0 aliphatic carbocycles. The Hall–Kier alpha value is -1.18. The maximum Gasteiger partial charge on any atom is 0.220 e. The Morgan fingerprint density at radius 2 is 2.03 bits per heavy atom. The van der Waals surface area contributed by atoms with Gasteiger partial charge in [0.05, 0.1) is 5.69 Å². The van der Waals surface area contributed by atoms with Crippen LogP contribution in [-0.4, -0.2) is 68.5 Å². The van der Waals surface area contributed by atoms with Gasteiger partial charge in [-0.2, -0.15) is 4.31 Å². The first-order chi connectivity index (χ1) is 13.3. The number of thiophene rings is 1. The van der Waals surface area contributed by atoms with Crippen molar-refractivity contribution in [2.75, 3.05) is 39.8 Å². The zero-order valence-corrected chi connectivity index (χ0v) is 20.8. The molecule has 0 saturated carbocycles. The Kier molecular flexibility index (Phi) is 8.49. The number of sulfonamides is 1. The molecule has 1 aliphatic heterocycles. The first-order valence-electron chi connectivity index (χ1n) is 9.18. The number of rotatable bonds is 6. The molecule has 2 aromatic heterocycles. The summed E-state index contributed by atoms with van der Waals surface area (Å²) in [5.41, 5.74) is 0.420. The standard InChI is InChI=1S/C18H27N5O3S2.HI/c1-18(2,16-5-4-12-27-16)14-20-17(19-3)22-7-9-23(10-8-22)28(24,25)13-15-6-11-26-21-15;/h4-6,11-12H,7-10,13-14H2,1-3H3,(H,19,20);1H. The molecule has 29 heavy (non-hydrogen) atoms. The Bertz CT molecular complexity index is 875. The number of halogens is 1. The number of nitrogens with zero attached hydrogens (tertiary/aromatic N) is 4. The predicted molar refractivity (Wildman–Crippen MR) is 126 cm³/mol. The number of guanidine groups is 1. The average molecular weight is 553 g/mol. The van der Waals surface area contributed by atoms with E-state index < -0.39 is 10.0 Å². The van der Waals surface area contributed by atoms with Crippen LogP contribution in [0.15, 0.2) is 39.4 Å². The number of nitrogens with one attached hydrogen (secondary N) is 1. The highest BCUT2D eigenvalue weighted by atomic mass is 127. The summed E-state index contributed by atoms with van der Waals surface area (Å²) < 4.78 is 31.4. The van der Waals surface area contributed by atoms with Gasteiger partial charge in [0.15, 0.2) is 5.96 Å². The van der Waals surface area contributed by atoms with Crippen LogP contribution in [0.3, 0.4) is 0 Å². The smallest absolute Gasteiger partial charge is 0.220 e. The topological polar surface area (TPSA) is 91.0 Å². The summed E-state index contributed by atoms with van der Waals surface area (Å²) in [4.78, 5) is 7.81. The lowest BCUT2D eigenvalue weighted by molar-refractivity contribution is 0.258. The second kappa shape index (κ2) is 10.2. The Balaban J connectivity index is 0.00000300. The van der Waals surface area contributed by atoms with Gasteiger partial charge in [-0.05, 0) is 11.4 Å². The van der Waals surface area contributed by atoms with Gasteiger partial charge in [0, 0.05) is 56.1 Å². The third kappa shape index (κ3) is 6.15. The van der Waals surface area contributed by atoms with Crippen molar-refractivity contribution in [3.8, 4) is 0 Å². The third-order valence-electron chi connectivity index (χ3n) is 4.84. The van der Waals surface area contributed by atoms with E-state index in [2.05, 4.69) is 51.7 Å². The van der Waals surface area contributed by atoms with Gasteiger partial charge in [-0.3, -0.25) is 4.99 Å². The largest absolute Gasteiger partial charge is 0.364 e. The van der Waals surface area contributed by atoms with Crippen LogP contribution in [0.1, 0.15) is 24.4 Å². The molecule has 1 fully saturated rings. The highest BCUT2D eigenvalue weighted by Gasteiger charge is 2.30. The molecule has 0 aromatic carbocycles. The van der Waals surface area contributed by atoms with Crippen molar-refractivity contribution in [1.82, 2.24) is 19.7 Å². The van der Waals surface area contributed by atoms with Crippen LogP contribution in [0.5, 0.6) is 0 Å². The minimum absolute atomic E-state index is 0. The zero-order chi connectivity index (χ0) is 20.2. The summed E-state index contributed by atoms with van der Waals surface area (Å²) >= 11 is 1.75. The van der Waals surface area contributed by atoms with Crippen LogP contribution in [0.25, 0.3) is 0 Å². The molecule has 0 spiro atoms. The van der Waals surface area contributed by atoms with E-state index in [9.17, 15) is 8.42 Å². The molecule has 11 heteroatoms. The van der Waals surface area contributed by atoms with Crippen molar-refractivity contribution in [2.24, 2.45) is 4.99 Å². The molecule has 162 valence electrons. The number of hydrogen-bond donors (Lipinski definition) is 1.